The highest BCUT2D eigenvalue weighted by Crippen LogP contribution is 2.39. The number of ether oxygens (including phenoxy) is 1. The molecule has 1 fully saturated rings. The van der Waals surface area contributed by atoms with Gasteiger partial charge >= 0.3 is 0 Å². The summed E-state index contributed by atoms with van der Waals surface area (Å²) >= 11 is 4.39. The minimum atomic E-state index is -1.26. The predicted octanol–water partition coefficient (Wildman–Crippen LogP) is -1.62. The number of rotatable bonds is 2. The van der Waals surface area contributed by atoms with Crippen LogP contribution in [0.25, 0.3) is 11.2 Å². The summed E-state index contributed by atoms with van der Waals surface area (Å²) in [5.41, 5.74) is 5.34. The Balaban J connectivity index is 2.14. The number of anilines is 1. The number of nitrogens with one attached hydrogen (secondary N) is 1. The molecule has 0 aliphatic carbocycles. The second kappa shape index (κ2) is 4.45. The monoisotopic (exact) mass is 299 g/mol. The van der Waals surface area contributed by atoms with Crippen molar-refractivity contribution in [2.45, 2.75) is 23.7 Å². The van der Waals surface area contributed by atoms with E-state index in [1.165, 1.54) is 10.9 Å². The highest BCUT2D eigenvalue weighted by molar-refractivity contribution is 7.80. The summed E-state index contributed by atoms with van der Waals surface area (Å²) in [7, 11) is 0. The van der Waals surface area contributed by atoms with Crippen LogP contribution in [-0.4, -0.2) is 48.5 Å². The van der Waals surface area contributed by atoms with E-state index in [2.05, 4.69) is 27.6 Å². The summed E-state index contributed by atoms with van der Waals surface area (Å²) in [5, 5.41) is 17.7. The van der Waals surface area contributed by atoms with Crippen LogP contribution in [0.1, 0.15) is 6.42 Å². The van der Waals surface area contributed by atoms with Crippen LogP contribution in [0.2, 0.25) is 0 Å². The zero-order valence-electron chi connectivity index (χ0n) is 10.2. The first-order valence-electron chi connectivity index (χ1n) is 5.87. The first-order valence-corrected chi connectivity index (χ1v) is 6.32. The molecular weight excluding hydrogens is 286 g/mol. The number of imidazole rings is 1. The number of aromatic amines is 1. The Morgan fingerprint density at radius 3 is 3.10 bits per heavy atom. The third kappa shape index (κ3) is 1.88. The number of hydrogen-bond acceptors (Lipinski definition) is 8. The van der Waals surface area contributed by atoms with E-state index in [-0.39, 0.29) is 30.1 Å². The molecule has 0 amide bonds. The van der Waals surface area contributed by atoms with Gasteiger partial charge in [0.15, 0.2) is 16.2 Å². The van der Waals surface area contributed by atoms with Gasteiger partial charge in [0.1, 0.15) is 12.4 Å². The van der Waals surface area contributed by atoms with Crippen LogP contribution in [-0.2, 0) is 9.79 Å². The van der Waals surface area contributed by atoms with E-state index in [0.717, 1.165) is 0 Å². The van der Waals surface area contributed by atoms with Crippen molar-refractivity contribution in [1.29, 1.82) is 0 Å². The minimum Gasteiger partial charge on any atom is -0.394 e. The number of nitrogen functional groups attached to an aromatic ring is 1. The van der Waals surface area contributed by atoms with Gasteiger partial charge in [-0.2, -0.15) is 4.98 Å². The van der Waals surface area contributed by atoms with Gasteiger partial charge in [-0.25, -0.2) is 4.98 Å². The molecule has 0 aromatic carbocycles. The van der Waals surface area contributed by atoms with E-state index in [4.69, 9.17) is 15.6 Å². The van der Waals surface area contributed by atoms with E-state index < -0.39 is 22.8 Å². The molecule has 3 rings (SSSR count). The Morgan fingerprint density at radius 2 is 2.45 bits per heavy atom. The quantitative estimate of drug-likeness (QED) is 0.420. The van der Waals surface area contributed by atoms with Gasteiger partial charge in [-0.1, -0.05) is 0 Å². The lowest BCUT2D eigenvalue weighted by atomic mass is 10.2. The van der Waals surface area contributed by atoms with Crippen molar-refractivity contribution < 1.29 is 14.9 Å². The highest BCUT2D eigenvalue weighted by atomic mass is 32.1. The fraction of sp³-hybridized carbons (Fsp3) is 0.500. The molecule has 0 unspecified atom stereocenters. The Morgan fingerprint density at radius 1 is 1.70 bits per heavy atom. The number of aliphatic hydroxyl groups excluding tert-OH is 2. The SMILES string of the molecule is Nc1nc2c(ncn2[C@@]2(S)C[C@H](O)[C@@H](CO)O2)c(=O)[nH]1. The van der Waals surface area contributed by atoms with Crippen molar-refractivity contribution in [3.8, 4) is 0 Å². The average molecular weight is 299 g/mol. The Hall–Kier alpha value is -1.62. The number of aromatic nitrogens is 4. The largest absolute Gasteiger partial charge is 0.394 e. The summed E-state index contributed by atoms with van der Waals surface area (Å²) in [6.07, 6.45) is -0.189. The fourth-order valence-corrected chi connectivity index (χ4v) is 2.74. The molecule has 0 spiro atoms. The van der Waals surface area contributed by atoms with Gasteiger partial charge in [-0.05, 0) is 0 Å². The molecule has 108 valence electrons. The minimum absolute atomic E-state index is 0.0570. The summed E-state index contributed by atoms with van der Waals surface area (Å²) in [4.78, 5) is 22.0. The number of nitrogens with zero attached hydrogens (tertiary/aromatic N) is 3. The number of fused-ring (bicyclic) bond motifs is 1. The van der Waals surface area contributed by atoms with Crippen molar-refractivity contribution in [3.05, 3.63) is 16.7 Å². The Kier molecular flexibility index (Phi) is 2.97. The number of nitrogens with two attached hydrogens (primary N) is 1. The molecular formula is C10H13N5O4S. The van der Waals surface area contributed by atoms with Gasteiger partial charge in [0.2, 0.25) is 5.95 Å². The molecule has 5 N–H and O–H groups in total. The fourth-order valence-electron chi connectivity index (χ4n) is 2.27. The zero-order valence-corrected chi connectivity index (χ0v) is 11.1. The van der Waals surface area contributed by atoms with E-state index in [0.29, 0.717) is 0 Å². The van der Waals surface area contributed by atoms with Crippen molar-refractivity contribution in [3.63, 3.8) is 0 Å². The van der Waals surface area contributed by atoms with Gasteiger partial charge in [0.05, 0.1) is 12.7 Å². The lowest BCUT2D eigenvalue weighted by molar-refractivity contribution is -0.0603. The van der Waals surface area contributed by atoms with Crippen LogP contribution in [0.4, 0.5) is 5.95 Å². The third-order valence-electron chi connectivity index (χ3n) is 3.23. The molecule has 10 heteroatoms. The second-order valence-electron chi connectivity index (χ2n) is 4.59. The summed E-state index contributed by atoms with van der Waals surface area (Å²) in [6, 6.07) is 0. The zero-order chi connectivity index (χ0) is 14.5. The standard InChI is InChI=1S/C10H13N5O4S/c11-9-13-7-6(8(18)14-9)12-3-15(7)10(20)1-4(17)5(2-16)19-10/h3-5,16-17,20H,1-2H2,(H3,11,13,14,18)/t4-,5+,10-/m0/s1. The highest BCUT2D eigenvalue weighted by Gasteiger charge is 2.45. The van der Waals surface area contributed by atoms with Crippen molar-refractivity contribution in [2.75, 3.05) is 12.3 Å². The van der Waals surface area contributed by atoms with Crippen LogP contribution in [0, 0.1) is 0 Å². The van der Waals surface area contributed by atoms with Crippen molar-refractivity contribution in [1.82, 2.24) is 19.5 Å². The molecule has 0 radical (unpaired) electrons. The van der Waals surface area contributed by atoms with E-state index in [1.54, 1.807) is 0 Å². The number of aliphatic hydroxyl groups is 2. The van der Waals surface area contributed by atoms with E-state index >= 15 is 0 Å². The molecule has 3 atom stereocenters. The average Bonchev–Trinajstić information content (AvgIpc) is 2.91. The van der Waals surface area contributed by atoms with E-state index in [9.17, 15) is 9.90 Å². The predicted molar refractivity (Wildman–Crippen MR) is 72.1 cm³/mol. The molecule has 3 heterocycles. The first-order chi connectivity index (χ1) is 9.44. The van der Waals surface area contributed by atoms with Gasteiger partial charge in [-0.3, -0.25) is 14.3 Å². The summed E-state index contributed by atoms with van der Waals surface area (Å²) < 4.78 is 6.95. The summed E-state index contributed by atoms with van der Waals surface area (Å²) in [6.45, 7) is -0.341. The van der Waals surface area contributed by atoms with Crippen LogP contribution in [0.3, 0.4) is 0 Å². The maximum absolute atomic E-state index is 11.7. The molecule has 0 saturated carbocycles. The Labute approximate surface area is 117 Å². The number of hydrogen-bond donors (Lipinski definition) is 5. The van der Waals surface area contributed by atoms with Crippen LogP contribution >= 0.6 is 12.6 Å². The molecule has 2 aromatic rings. The first kappa shape index (κ1) is 13.4. The van der Waals surface area contributed by atoms with Gasteiger partial charge < -0.3 is 20.7 Å². The van der Waals surface area contributed by atoms with Crippen molar-refractivity contribution in [2.24, 2.45) is 0 Å². The summed E-state index contributed by atoms with van der Waals surface area (Å²) in [5.74, 6) is -0.0570. The number of H-pyrrole nitrogens is 1. The van der Waals surface area contributed by atoms with Crippen LogP contribution in [0.5, 0.6) is 0 Å². The number of thiol groups is 1. The molecule has 9 nitrogen and oxygen atoms in total. The molecule has 0 bridgehead atoms. The molecule has 1 saturated heterocycles. The lowest BCUT2D eigenvalue weighted by Crippen LogP contribution is -2.29. The molecule has 20 heavy (non-hydrogen) atoms. The van der Waals surface area contributed by atoms with Crippen molar-refractivity contribution >= 4 is 29.7 Å². The molecule has 1 aliphatic rings. The van der Waals surface area contributed by atoms with E-state index in [1.807, 2.05) is 0 Å². The maximum Gasteiger partial charge on any atom is 0.280 e. The smallest absolute Gasteiger partial charge is 0.280 e. The van der Waals surface area contributed by atoms with Gasteiger partial charge in [-0.15, -0.1) is 12.6 Å². The maximum atomic E-state index is 11.7. The molecule has 1 aliphatic heterocycles. The Bertz CT molecular complexity index is 715. The van der Waals surface area contributed by atoms with Gasteiger partial charge in [0, 0.05) is 6.42 Å². The van der Waals surface area contributed by atoms with Gasteiger partial charge in [0.25, 0.3) is 5.56 Å². The topological polar surface area (TPSA) is 139 Å². The normalized spacial score (nSPS) is 30.1. The second-order valence-corrected chi connectivity index (χ2v) is 5.29. The van der Waals surface area contributed by atoms with Crippen LogP contribution < -0.4 is 11.3 Å². The van der Waals surface area contributed by atoms with Crippen LogP contribution in [0.15, 0.2) is 11.1 Å². The molecule has 2 aromatic heterocycles. The third-order valence-corrected chi connectivity index (χ3v) is 3.73. The lowest BCUT2D eigenvalue weighted by Gasteiger charge is -2.24.